The van der Waals surface area contributed by atoms with Gasteiger partial charge in [0.15, 0.2) is 82.2 Å². The van der Waals surface area contributed by atoms with Gasteiger partial charge >= 0.3 is 0 Å². The van der Waals surface area contributed by atoms with Crippen molar-refractivity contribution in [1.29, 1.82) is 0 Å². The summed E-state index contributed by atoms with van der Waals surface area (Å²) in [6.07, 6.45) is 3.20. The second-order valence-electron chi connectivity index (χ2n) is 15.9. The third kappa shape index (κ3) is 8.78. The molecule has 8 rings (SSSR count). The van der Waals surface area contributed by atoms with E-state index >= 15 is 35.1 Å². The number of hydrogen-bond donors (Lipinski definition) is 0. The molecule has 7 aromatic rings. The van der Waals surface area contributed by atoms with Crippen molar-refractivity contribution in [2.75, 3.05) is 0 Å². The van der Waals surface area contributed by atoms with Crippen molar-refractivity contribution in [2.24, 2.45) is 0 Å². The predicted octanol–water partition coefficient (Wildman–Crippen LogP) is 10.6. The minimum atomic E-state index is -7.22. The quantitative estimate of drug-likeness (QED) is 0.0360. The number of pyridine rings is 1. The number of rotatable bonds is 9. The molecule has 1 saturated carbocycles. The van der Waals surface area contributed by atoms with Crippen LogP contribution in [0.4, 0.5) is 87.8 Å². The van der Waals surface area contributed by atoms with Crippen LogP contribution in [0.25, 0.3) is 10.8 Å². The van der Waals surface area contributed by atoms with Crippen molar-refractivity contribution >= 4 is 44.6 Å². The molecule has 6 aromatic carbocycles. The molecule has 0 radical (unpaired) electrons. The average molecular weight is 1030 g/mol. The number of Topliss-reactive ketones (excluding diaryl/α,β-unsaturated/α-hetero) is 1. The van der Waals surface area contributed by atoms with E-state index in [0.717, 1.165) is 29.5 Å². The molecule has 0 atom stereocenters. The third-order valence-corrected chi connectivity index (χ3v) is 11.8. The van der Waals surface area contributed by atoms with Crippen LogP contribution < -0.4 is 31.2 Å². The van der Waals surface area contributed by atoms with Gasteiger partial charge in [0.1, 0.15) is 58.4 Å². The van der Waals surface area contributed by atoms with E-state index in [1.165, 1.54) is 24.6 Å². The third-order valence-electron chi connectivity index (χ3n) is 11.8. The monoisotopic (exact) mass is 1030 g/mol. The van der Waals surface area contributed by atoms with Gasteiger partial charge in [-0.2, -0.15) is 4.57 Å². The molecule has 1 heterocycles. The lowest BCUT2D eigenvalue weighted by molar-refractivity contribution is -0.681. The normalized spacial score (nSPS) is 13.1. The Bertz CT molecular complexity index is 2890. The standard InChI is InChI=1S/C24BF20.C23H24NO2/c26-5-1(6(27)14(35)21(42)13(5)34)25(2-7(28)15(36)22(43)16(37)8(2)29,3-9(30)17(38)23(44)18(39)10(3)31)4-11(32)19(40)24(45)20(41)12(4)33;25-23(17-24-15-14-18-6-4-5-7-20(18)16-24)19-10-12-22(13-11-19)26-21-8-2-1-3-9-21/h;4-7,10-16,21H,1-3,8-9,17H2/q-1;+1. The Morgan fingerprint density at radius 2 is 0.746 bits per heavy atom. The maximum atomic E-state index is 15.4. The van der Waals surface area contributed by atoms with Crippen molar-refractivity contribution in [1.82, 2.24) is 0 Å². The van der Waals surface area contributed by atoms with Crippen molar-refractivity contribution in [3.63, 3.8) is 0 Å². The summed E-state index contributed by atoms with van der Waals surface area (Å²) in [7, 11) is 0. The van der Waals surface area contributed by atoms with E-state index in [1.807, 2.05) is 59.4 Å². The lowest BCUT2D eigenvalue weighted by Gasteiger charge is -2.44. The van der Waals surface area contributed by atoms with Gasteiger partial charge < -0.3 is 4.74 Å². The lowest BCUT2D eigenvalue weighted by Crippen LogP contribution is -2.81. The molecule has 1 aliphatic carbocycles. The van der Waals surface area contributed by atoms with E-state index in [9.17, 15) is 57.5 Å². The number of carbonyl (C=O) groups excluding carboxylic acids is 1. The van der Waals surface area contributed by atoms with Gasteiger partial charge in [0.05, 0.1) is 6.10 Å². The van der Waals surface area contributed by atoms with Crippen molar-refractivity contribution in [3.8, 4) is 5.75 Å². The molecule has 0 N–H and O–H groups in total. The minimum Gasteiger partial charge on any atom is -0.490 e. The molecule has 1 aromatic heterocycles. The summed E-state index contributed by atoms with van der Waals surface area (Å²) < 4.78 is 302. The van der Waals surface area contributed by atoms with E-state index in [4.69, 9.17) is 4.74 Å². The highest BCUT2D eigenvalue weighted by atomic mass is 19.2. The largest absolute Gasteiger partial charge is 0.490 e. The highest BCUT2D eigenvalue weighted by molar-refractivity contribution is 7.20. The lowest BCUT2D eigenvalue weighted by atomic mass is 9.12. The fourth-order valence-electron chi connectivity index (χ4n) is 8.50. The number of ether oxygens (including phenoxy) is 1. The van der Waals surface area contributed by atoms with E-state index in [2.05, 4.69) is 12.1 Å². The van der Waals surface area contributed by atoms with Crippen LogP contribution in [0.2, 0.25) is 0 Å². The Hall–Kier alpha value is -7.14. The zero-order valence-electron chi connectivity index (χ0n) is 35.1. The second kappa shape index (κ2) is 19.9. The SMILES string of the molecule is Fc1c(F)c(F)c([B-](c2c(F)c(F)c(F)c(F)c2F)(c2c(F)c(F)c(F)c(F)c2F)c2c(F)c(F)c(F)c(F)c2F)c(F)c1F.O=C(C[n+]1ccc2ccccc2c1)c1ccc(OC2CCCCC2)cc1. The molecule has 0 unspecified atom stereocenters. The van der Waals surface area contributed by atoms with Gasteiger partial charge in [-0.3, -0.25) is 4.79 Å². The number of benzene rings is 6. The molecule has 0 spiro atoms. The van der Waals surface area contributed by atoms with E-state index in [1.54, 1.807) is 0 Å². The van der Waals surface area contributed by atoms with Crippen LogP contribution in [0.1, 0.15) is 42.5 Å². The van der Waals surface area contributed by atoms with Gasteiger partial charge in [-0.1, -0.05) is 24.6 Å². The van der Waals surface area contributed by atoms with Gasteiger partial charge in [-0.15, -0.1) is 21.9 Å². The Labute approximate surface area is 385 Å². The van der Waals surface area contributed by atoms with Gasteiger partial charge in [0.25, 0.3) is 0 Å². The van der Waals surface area contributed by atoms with Crippen LogP contribution >= 0.6 is 0 Å². The zero-order chi connectivity index (χ0) is 52.1. The highest BCUT2D eigenvalue weighted by Gasteiger charge is 2.52. The minimum absolute atomic E-state index is 0.106. The fourth-order valence-corrected chi connectivity index (χ4v) is 8.50. The number of hydrogen-bond acceptors (Lipinski definition) is 2. The fraction of sp³-hybridized carbons (Fsp3) is 0.149. The Morgan fingerprint density at radius 1 is 0.423 bits per heavy atom. The Balaban J connectivity index is 0.000000240. The van der Waals surface area contributed by atoms with Crippen LogP contribution in [-0.4, -0.2) is 18.0 Å². The van der Waals surface area contributed by atoms with Gasteiger partial charge in [0.2, 0.25) is 12.3 Å². The first-order valence-electron chi connectivity index (χ1n) is 20.4. The zero-order valence-corrected chi connectivity index (χ0v) is 35.1. The van der Waals surface area contributed by atoms with Crippen molar-refractivity contribution in [2.45, 2.75) is 44.8 Å². The molecule has 0 saturated heterocycles. The predicted molar refractivity (Wildman–Crippen MR) is 212 cm³/mol. The van der Waals surface area contributed by atoms with Gasteiger partial charge in [-0.05, 0) is 61.4 Å². The molecular formula is C47H24BF20NO2. The number of halogens is 20. The molecule has 71 heavy (non-hydrogen) atoms. The Morgan fingerprint density at radius 3 is 1.10 bits per heavy atom. The van der Waals surface area contributed by atoms with Crippen LogP contribution in [0, 0.1) is 116 Å². The molecule has 24 heteroatoms. The van der Waals surface area contributed by atoms with Crippen LogP contribution in [0.15, 0.2) is 67.0 Å². The van der Waals surface area contributed by atoms with Crippen LogP contribution in [-0.2, 0) is 6.54 Å². The maximum absolute atomic E-state index is 15.4. The Kier molecular flexibility index (Phi) is 14.5. The smallest absolute Gasteiger partial charge is 0.227 e. The van der Waals surface area contributed by atoms with E-state index in [-0.39, 0.29) is 5.78 Å². The molecular weight excluding hydrogens is 1000 g/mol. The first kappa shape index (κ1) is 51.7. The molecule has 0 amide bonds. The summed E-state index contributed by atoms with van der Waals surface area (Å²) in [6.45, 7) is 0.341. The topological polar surface area (TPSA) is 30.2 Å². The summed E-state index contributed by atoms with van der Waals surface area (Å²) in [5.74, 6) is -70.4. The number of fused-ring (bicyclic) bond motifs is 1. The van der Waals surface area contributed by atoms with Crippen LogP contribution in [0.5, 0.6) is 5.75 Å². The highest BCUT2D eigenvalue weighted by Crippen LogP contribution is 2.31. The van der Waals surface area contributed by atoms with Crippen LogP contribution in [0.3, 0.4) is 0 Å². The molecule has 1 aliphatic rings. The number of nitrogens with zero attached hydrogens (tertiary/aromatic N) is 1. The summed E-state index contributed by atoms with van der Waals surface area (Å²) in [5.41, 5.74) is -13.6. The summed E-state index contributed by atoms with van der Waals surface area (Å²) in [6, 6.07) is 17.8. The van der Waals surface area contributed by atoms with Gasteiger partial charge in [0, 0.05) is 17.0 Å². The number of aromatic nitrogens is 1. The van der Waals surface area contributed by atoms with Crippen molar-refractivity contribution in [3.05, 3.63) is 189 Å². The number of carbonyl (C=O) groups is 1. The molecule has 0 bridgehead atoms. The summed E-state index contributed by atoms with van der Waals surface area (Å²) in [4.78, 5) is 12.6. The second-order valence-corrected chi connectivity index (χ2v) is 15.9. The molecule has 1 fully saturated rings. The molecule has 0 aliphatic heterocycles. The summed E-state index contributed by atoms with van der Waals surface area (Å²) >= 11 is 0. The van der Waals surface area contributed by atoms with E-state index < -0.39 is 144 Å². The maximum Gasteiger partial charge on any atom is 0.227 e. The average Bonchev–Trinajstić information content (AvgIpc) is 3.36. The molecule has 372 valence electrons. The number of ketones is 1. The molecule has 3 nitrogen and oxygen atoms in total. The summed E-state index contributed by atoms with van der Waals surface area (Å²) in [5, 5.41) is 2.32. The van der Waals surface area contributed by atoms with E-state index in [0.29, 0.717) is 12.6 Å². The first-order valence-corrected chi connectivity index (χ1v) is 20.4. The first-order chi connectivity index (χ1) is 33.5. The van der Waals surface area contributed by atoms with Gasteiger partial charge in [-0.25, -0.2) is 87.8 Å². The van der Waals surface area contributed by atoms with Crippen molar-refractivity contribution < 1.29 is 102 Å².